The molecule has 1 aromatic carbocycles. The van der Waals surface area contributed by atoms with Gasteiger partial charge in [0.25, 0.3) is 5.56 Å². The van der Waals surface area contributed by atoms with Gasteiger partial charge in [0.1, 0.15) is 5.82 Å². The van der Waals surface area contributed by atoms with Gasteiger partial charge >= 0.3 is 5.69 Å². The van der Waals surface area contributed by atoms with Crippen LogP contribution < -0.4 is 17.0 Å². The van der Waals surface area contributed by atoms with E-state index >= 15 is 0 Å². The van der Waals surface area contributed by atoms with Crippen LogP contribution in [0.15, 0.2) is 46.0 Å². The number of aromatic nitrogens is 2. The monoisotopic (exact) mass is 288 g/mol. The Balaban J connectivity index is 1.87. The smallest absolute Gasteiger partial charge is 0.329 e. The zero-order valence-corrected chi connectivity index (χ0v) is 12.1. The van der Waals surface area contributed by atoms with Crippen molar-refractivity contribution in [2.75, 3.05) is 19.3 Å². The van der Waals surface area contributed by atoms with Crippen LogP contribution in [0, 0.1) is 0 Å². The summed E-state index contributed by atoms with van der Waals surface area (Å²) in [6.45, 7) is 2.18. The Kier molecular flexibility index (Phi) is 4.94. The number of aromatic amines is 1. The Labute approximate surface area is 122 Å². The van der Waals surface area contributed by atoms with Gasteiger partial charge in [-0.3, -0.25) is 14.3 Å². The number of hydrogen-bond acceptors (Lipinski definition) is 4. The van der Waals surface area contributed by atoms with Gasteiger partial charge in [0.2, 0.25) is 0 Å². The van der Waals surface area contributed by atoms with E-state index in [0.29, 0.717) is 6.54 Å². The molecule has 0 unspecified atom stereocenters. The van der Waals surface area contributed by atoms with Crippen LogP contribution in [0.25, 0.3) is 0 Å². The topological polar surface area (TPSA) is 84.1 Å². The fourth-order valence-corrected chi connectivity index (χ4v) is 2.24. The molecule has 21 heavy (non-hydrogen) atoms. The van der Waals surface area contributed by atoms with Crippen LogP contribution in [-0.2, 0) is 13.1 Å². The summed E-state index contributed by atoms with van der Waals surface area (Å²) in [4.78, 5) is 27.1. The van der Waals surface area contributed by atoms with E-state index in [9.17, 15) is 9.59 Å². The minimum absolute atomic E-state index is 0.203. The van der Waals surface area contributed by atoms with Crippen LogP contribution in [-0.4, -0.2) is 28.0 Å². The summed E-state index contributed by atoms with van der Waals surface area (Å²) in [5.41, 5.74) is 6.03. The van der Waals surface area contributed by atoms with Crippen LogP contribution in [0.1, 0.15) is 12.0 Å². The molecule has 112 valence electrons. The van der Waals surface area contributed by atoms with Crippen LogP contribution in [0.4, 0.5) is 5.82 Å². The molecule has 6 nitrogen and oxygen atoms in total. The molecule has 0 aliphatic heterocycles. The molecule has 0 saturated carbocycles. The normalized spacial score (nSPS) is 11.0. The second kappa shape index (κ2) is 6.90. The lowest BCUT2D eigenvalue weighted by Crippen LogP contribution is -2.32. The first-order valence-corrected chi connectivity index (χ1v) is 6.88. The Hall–Kier alpha value is -2.34. The lowest BCUT2D eigenvalue weighted by atomic mass is 10.2. The molecule has 0 fully saturated rings. The van der Waals surface area contributed by atoms with Gasteiger partial charge in [0, 0.05) is 19.2 Å². The highest BCUT2D eigenvalue weighted by Gasteiger charge is 2.04. The molecule has 1 aromatic heterocycles. The van der Waals surface area contributed by atoms with E-state index in [1.165, 1.54) is 16.2 Å². The molecule has 0 atom stereocenters. The third kappa shape index (κ3) is 4.32. The first kappa shape index (κ1) is 15.1. The highest BCUT2D eigenvalue weighted by Crippen LogP contribution is 2.03. The van der Waals surface area contributed by atoms with Crippen molar-refractivity contribution in [3.05, 3.63) is 62.8 Å². The summed E-state index contributed by atoms with van der Waals surface area (Å²) in [5.74, 6) is 0.203. The molecule has 0 bridgehead atoms. The van der Waals surface area contributed by atoms with Gasteiger partial charge in [-0.25, -0.2) is 4.79 Å². The van der Waals surface area contributed by atoms with E-state index < -0.39 is 11.2 Å². The SMILES string of the molecule is CN(CCCn1c(N)cc(=O)[nH]c1=O)Cc1ccccc1. The van der Waals surface area contributed by atoms with Crippen LogP contribution in [0.2, 0.25) is 0 Å². The molecule has 0 amide bonds. The Morgan fingerprint density at radius 2 is 1.95 bits per heavy atom. The molecule has 3 N–H and O–H groups in total. The zero-order valence-electron chi connectivity index (χ0n) is 12.1. The van der Waals surface area contributed by atoms with Crippen LogP contribution in [0.3, 0.4) is 0 Å². The molecule has 2 rings (SSSR count). The Morgan fingerprint density at radius 3 is 2.62 bits per heavy atom. The first-order chi connectivity index (χ1) is 10.1. The maximum atomic E-state index is 11.6. The molecule has 0 aliphatic carbocycles. The van der Waals surface area contributed by atoms with Crippen molar-refractivity contribution in [1.82, 2.24) is 14.5 Å². The van der Waals surface area contributed by atoms with Crippen molar-refractivity contribution < 1.29 is 0 Å². The zero-order chi connectivity index (χ0) is 15.2. The van der Waals surface area contributed by atoms with Gasteiger partial charge in [-0.15, -0.1) is 0 Å². The van der Waals surface area contributed by atoms with Crippen molar-refractivity contribution in [3.63, 3.8) is 0 Å². The number of benzene rings is 1. The summed E-state index contributed by atoms with van der Waals surface area (Å²) >= 11 is 0. The van der Waals surface area contributed by atoms with Gasteiger partial charge in [-0.05, 0) is 25.6 Å². The fourth-order valence-electron chi connectivity index (χ4n) is 2.24. The van der Waals surface area contributed by atoms with E-state index in [1.54, 1.807) is 0 Å². The van der Waals surface area contributed by atoms with Crippen molar-refractivity contribution in [3.8, 4) is 0 Å². The fraction of sp³-hybridized carbons (Fsp3) is 0.333. The van der Waals surface area contributed by atoms with E-state index in [0.717, 1.165) is 19.5 Å². The van der Waals surface area contributed by atoms with Crippen molar-refractivity contribution in [2.45, 2.75) is 19.5 Å². The number of H-pyrrole nitrogens is 1. The summed E-state index contributed by atoms with van der Waals surface area (Å²) in [7, 11) is 2.03. The summed E-state index contributed by atoms with van der Waals surface area (Å²) in [6.07, 6.45) is 0.777. The van der Waals surface area contributed by atoms with Crippen molar-refractivity contribution in [1.29, 1.82) is 0 Å². The summed E-state index contributed by atoms with van der Waals surface area (Å²) < 4.78 is 1.39. The lowest BCUT2D eigenvalue weighted by Gasteiger charge is -2.17. The Morgan fingerprint density at radius 1 is 1.24 bits per heavy atom. The van der Waals surface area contributed by atoms with E-state index in [1.807, 2.05) is 25.2 Å². The largest absolute Gasteiger partial charge is 0.385 e. The molecule has 1 heterocycles. The van der Waals surface area contributed by atoms with Gasteiger partial charge in [-0.2, -0.15) is 0 Å². The maximum absolute atomic E-state index is 11.6. The van der Waals surface area contributed by atoms with E-state index in [2.05, 4.69) is 22.0 Å². The number of nitrogens with zero attached hydrogens (tertiary/aromatic N) is 2. The minimum Gasteiger partial charge on any atom is -0.385 e. The van der Waals surface area contributed by atoms with Gasteiger partial charge in [0.15, 0.2) is 0 Å². The van der Waals surface area contributed by atoms with Crippen molar-refractivity contribution in [2.24, 2.45) is 0 Å². The highest BCUT2D eigenvalue weighted by molar-refractivity contribution is 5.26. The number of anilines is 1. The number of nitrogen functional groups attached to an aromatic ring is 1. The predicted octanol–water partition coefficient (Wildman–Crippen LogP) is 0.641. The second-order valence-corrected chi connectivity index (χ2v) is 5.09. The van der Waals surface area contributed by atoms with Gasteiger partial charge < -0.3 is 10.6 Å². The quantitative estimate of drug-likeness (QED) is 0.817. The molecule has 0 saturated heterocycles. The summed E-state index contributed by atoms with van der Waals surface area (Å²) in [6, 6.07) is 11.4. The second-order valence-electron chi connectivity index (χ2n) is 5.09. The third-order valence-corrected chi connectivity index (χ3v) is 3.28. The molecule has 0 aliphatic rings. The van der Waals surface area contributed by atoms with Crippen LogP contribution in [0.5, 0.6) is 0 Å². The molecule has 0 radical (unpaired) electrons. The number of rotatable bonds is 6. The summed E-state index contributed by atoms with van der Waals surface area (Å²) in [5, 5.41) is 0. The number of hydrogen-bond donors (Lipinski definition) is 2. The molecule has 2 aromatic rings. The number of nitrogens with two attached hydrogens (primary N) is 1. The number of nitrogens with one attached hydrogen (secondary N) is 1. The highest BCUT2D eigenvalue weighted by atomic mass is 16.2. The van der Waals surface area contributed by atoms with E-state index in [-0.39, 0.29) is 5.82 Å². The third-order valence-electron chi connectivity index (χ3n) is 3.28. The average Bonchev–Trinajstić information content (AvgIpc) is 2.42. The lowest BCUT2D eigenvalue weighted by molar-refractivity contribution is 0.313. The predicted molar refractivity (Wildman–Crippen MR) is 83.1 cm³/mol. The standard InChI is InChI=1S/C15H20N4O2/c1-18(11-12-6-3-2-4-7-12)8-5-9-19-13(16)10-14(20)17-15(19)21/h2-4,6-7,10H,5,8-9,11,16H2,1H3,(H,17,20,21). The van der Waals surface area contributed by atoms with Gasteiger partial charge in [-0.1, -0.05) is 30.3 Å². The minimum atomic E-state index is -0.463. The first-order valence-electron chi connectivity index (χ1n) is 6.88. The van der Waals surface area contributed by atoms with Crippen molar-refractivity contribution >= 4 is 5.82 Å². The Bertz CT molecular complexity index is 691. The molecular weight excluding hydrogens is 268 g/mol. The molecule has 0 spiro atoms. The average molecular weight is 288 g/mol. The van der Waals surface area contributed by atoms with Crippen LogP contribution >= 0.6 is 0 Å². The van der Waals surface area contributed by atoms with E-state index in [4.69, 9.17) is 5.73 Å². The van der Waals surface area contributed by atoms with Gasteiger partial charge in [0.05, 0.1) is 0 Å². The molecular formula is C15H20N4O2. The maximum Gasteiger partial charge on any atom is 0.329 e. The molecule has 6 heteroatoms.